The van der Waals surface area contributed by atoms with Gasteiger partial charge in [-0.05, 0) is 0 Å². The van der Waals surface area contributed by atoms with Crippen molar-refractivity contribution in [1.82, 2.24) is 19.1 Å². The molecular formula is C28H28Cl2N4SiZr-2. The molecule has 6 aromatic rings. The van der Waals surface area contributed by atoms with Crippen molar-refractivity contribution >= 4 is 27.0 Å². The minimum Gasteiger partial charge on any atom is -1.00 e. The summed E-state index contributed by atoms with van der Waals surface area (Å²) in [6, 6.07) is 21.7. The van der Waals surface area contributed by atoms with E-state index in [2.05, 4.69) is 97.6 Å². The zero-order chi connectivity index (χ0) is 24.1. The van der Waals surface area contributed by atoms with Crippen LogP contribution in [-0.4, -0.2) is 24.5 Å². The van der Waals surface area contributed by atoms with Crippen LogP contribution in [0.25, 0.3) is 32.9 Å². The number of benzene rings is 2. The van der Waals surface area contributed by atoms with E-state index in [4.69, 9.17) is 0 Å². The van der Waals surface area contributed by atoms with Gasteiger partial charge >= 0.3 is 41.9 Å². The third-order valence-electron chi connectivity index (χ3n) is 5.28. The quantitative estimate of drug-likeness (QED) is 0.216. The Balaban J connectivity index is 0.000000211. The first-order valence-corrected chi connectivity index (χ1v) is 17.4. The van der Waals surface area contributed by atoms with E-state index in [0.29, 0.717) is 0 Å². The Morgan fingerprint density at radius 3 is 1.42 bits per heavy atom. The fourth-order valence-electron chi connectivity index (χ4n) is 3.85. The third-order valence-corrected chi connectivity index (χ3v) is 5.28. The molecule has 0 unspecified atom stereocenters. The first kappa shape index (κ1) is 30.0. The summed E-state index contributed by atoms with van der Waals surface area (Å²) >= 11 is 1.74. The molecule has 0 N–H and O–H groups in total. The van der Waals surface area contributed by atoms with Crippen LogP contribution in [-0.2, 0) is 23.3 Å². The number of aryl methyl sites for hydroxylation is 2. The van der Waals surface area contributed by atoms with Gasteiger partial charge in [-0.1, -0.05) is 26.0 Å². The van der Waals surface area contributed by atoms with Gasteiger partial charge in [-0.15, -0.1) is 69.1 Å². The first-order chi connectivity index (χ1) is 16.4. The molecule has 36 heavy (non-hydrogen) atoms. The van der Waals surface area contributed by atoms with E-state index >= 15 is 0 Å². The smallest absolute Gasteiger partial charge is 0.0984 e. The van der Waals surface area contributed by atoms with Gasteiger partial charge in [0.05, 0.1) is 12.7 Å². The monoisotopic (exact) mass is 608 g/mol. The Hall–Kier alpha value is -2.24. The normalized spacial score (nSPS) is 9.94. The summed E-state index contributed by atoms with van der Waals surface area (Å²) < 4.78 is 4.03. The molecule has 6 rings (SSSR count). The topological polar surface area (TPSA) is 35.6 Å². The summed E-state index contributed by atoms with van der Waals surface area (Å²) in [5.74, 6) is 0. The molecule has 0 aliphatic heterocycles. The van der Waals surface area contributed by atoms with E-state index in [-0.39, 0.29) is 30.2 Å². The summed E-state index contributed by atoms with van der Waals surface area (Å²) in [7, 11) is 0. The molecule has 4 nitrogen and oxygen atoms in total. The van der Waals surface area contributed by atoms with Crippen LogP contribution in [0, 0.1) is 13.8 Å². The molecule has 0 amide bonds. The number of nitrogens with zero attached hydrogens (tertiary/aromatic N) is 4. The average Bonchev–Trinajstić information content (AvgIpc) is 3.58. The van der Waals surface area contributed by atoms with Crippen molar-refractivity contribution in [1.29, 1.82) is 0 Å². The van der Waals surface area contributed by atoms with Crippen molar-refractivity contribution in [3.05, 3.63) is 109 Å². The van der Waals surface area contributed by atoms with Crippen LogP contribution in [0.5, 0.6) is 0 Å². The van der Waals surface area contributed by atoms with Gasteiger partial charge in [-0.25, -0.2) is 9.97 Å². The molecule has 0 fully saturated rings. The van der Waals surface area contributed by atoms with E-state index < -0.39 is 0 Å². The van der Waals surface area contributed by atoms with Gasteiger partial charge in [0.2, 0.25) is 0 Å². The molecule has 2 aromatic heterocycles. The fraction of sp³-hybridized carbons (Fsp3) is 0.143. The Kier molecular flexibility index (Phi) is 11.6. The van der Waals surface area contributed by atoms with Crippen molar-refractivity contribution in [3.8, 4) is 11.4 Å². The van der Waals surface area contributed by atoms with Crippen molar-refractivity contribution in [2.75, 3.05) is 0 Å². The van der Waals surface area contributed by atoms with Crippen LogP contribution in [0.1, 0.15) is 11.1 Å². The van der Waals surface area contributed by atoms with Crippen LogP contribution < -0.4 is 24.8 Å². The van der Waals surface area contributed by atoms with Crippen molar-refractivity contribution in [2.24, 2.45) is 0 Å². The second-order valence-corrected chi connectivity index (χ2v) is 18.0. The second kappa shape index (κ2) is 13.9. The van der Waals surface area contributed by atoms with Gasteiger partial charge in [0, 0.05) is 36.2 Å². The van der Waals surface area contributed by atoms with E-state index in [1.54, 1.807) is 35.7 Å². The largest absolute Gasteiger partial charge is 1.00 e. The van der Waals surface area contributed by atoms with Crippen molar-refractivity contribution < 1.29 is 48.1 Å². The van der Waals surface area contributed by atoms with Gasteiger partial charge in [0.25, 0.3) is 0 Å². The van der Waals surface area contributed by atoms with Crippen LogP contribution in [0.4, 0.5) is 0 Å². The zero-order valence-electron chi connectivity index (χ0n) is 20.8. The Morgan fingerprint density at radius 2 is 1.08 bits per heavy atom. The van der Waals surface area contributed by atoms with Gasteiger partial charge in [0.1, 0.15) is 0 Å². The van der Waals surface area contributed by atoms with Crippen LogP contribution in [0.3, 0.4) is 0 Å². The van der Waals surface area contributed by atoms with Crippen molar-refractivity contribution in [2.45, 2.75) is 26.9 Å². The Labute approximate surface area is 240 Å². The maximum absolute atomic E-state index is 4.05. The van der Waals surface area contributed by atoms with Crippen LogP contribution in [0.2, 0.25) is 13.1 Å². The number of fused-ring (bicyclic) bond motifs is 2. The minimum atomic E-state index is 0. The van der Waals surface area contributed by atoms with E-state index in [1.165, 1.54) is 32.7 Å². The first-order valence-electron chi connectivity index (χ1n) is 11.2. The number of halogens is 2. The predicted molar refractivity (Wildman–Crippen MR) is 140 cm³/mol. The average molecular weight is 611 g/mol. The molecule has 184 valence electrons. The number of hydrogen-bond donors (Lipinski definition) is 0. The SMILES string of the molecule is C[Si](C)=[Zr+2].Cc1cc2ccc(-n3ccnc3)cc2[cH-]1.Cc1cc2ccc(-n3ccnc3)cc2[cH-]1.[Cl-].[Cl-]. The fourth-order valence-corrected chi connectivity index (χ4v) is 3.85. The number of imidazole rings is 2. The second-order valence-electron chi connectivity index (χ2n) is 8.63. The zero-order valence-corrected chi connectivity index (χ0v) is 25.8. The van der Waals surface area contributed by atoms with Crippen LogP contribution >= 0.6 is 0 Å². The Morgan fingerprint density at radius 1 is 0.694 bits per heavy atom. The van der Waals surface area contributed by atoms with Gasteiger partial charge in [-0.3, -0.25) is 0 Å². The molecule has 0 spiro atoms. The van der Waals surface area contributed by atoms with E-state index in [0.717, 1.165) is 11.4 Å². The standard InChI is InChI=1S/2C13H11N2.C2H6Si.2ClH.Zr/c2*1-10-6-11-2-3-13(8-12(11)7-10)15-5-4-14-9-15;1-3-2;;;/h2*2-9H,1H3;1-2H3;2*1H;/q2*-1;;;;+2/p-2. The molecule has 0 radical (unpaired) electrons. The summed E-state index contributed by atoms with van der Waals surface area (Å²) in [5, 5.41) is 5.19. The molecule has 0 atom stereocenters. The number of aromatic nitrogens is 4. The molecular weight excluding hydrogens is 583 g/mol. The van der Waals surface area contributed by atoms with E-state index in [1.807, 2.05) is 34.2 Å². The summed E-state index contributed by atoms with van der Waals surface area (Å²) in [4.78, 5) is 8.09. The molecule has 4 aromatic carbocycles. The maximum atomic E-state index is 4.05. The molecule has 2 heterocycles. The minimum absolute atomic E-state index is 0. The molecule has 0 aliphatic carbocycles. The summed E-state index contributed by atoms with van der Waals surface area (Å²) in [6.07, 6.45) is 11.1. The molecule has 0 bridgehead atoms. The van der Waals surface area contributed by atoms with Gasteiger partial charge in [-0.2, -0.15) is 12.1 Å². The van der Waals surface area contributed by atoms with Crippen LogP contribution in [0.15, 0.2) is 98.1 Å². The summed E-state index contributed by atoms with van der Waals surface area (Å²) in [5.41, 5.74) is 5.15. The molecule has 0 saturated carbocycles. The summed E-state index contributed by atoms with van der Waals surface area (Å²) in [6.45, 7) is 8.86. The van der Waals surface area contributed by atoms with E-state index in [9.17, 15) is 0 Å². The number of rotatable bonds is 2. The van der Waals surface area contributed by atoms with Crippen molar-refractivity contribution in [3.63, 3.8) is 0 Å². The molecule has 0 saturated heterocycles. The maximum Gasteiger partial charge on any atom is 0.0984 e. The van der Waals surface area contributed by atoms with Gasteiger partial charge < -0.3 is 33.9 Å². The van der Waals surface area contributed by atoms with Gasteiger partial charge in [0.15, 0.2) is 0 Å². The molecule has 8 heteroatoms. The number of hydrogen-bond acceptors (Lipinski definition) is 2. The molecule has 0 aliphatic rings. The predicted octanol–water partition coefficient (Wildman–Crippen LogP) is 0.898. The third kappa shape index (κ3) is 7.88. The Bertz CT molecular complexity index is 1400.